The molecule has 0 aromatic carbocycles. The van der Waals surface area contributed by atoms with Gasteiger partial charge in [-0.3, -0.25) is 9.59 Å². The highest BCUT2D eigenvalue weighted by Gasteiger charge is 2.19. The summed E-state index contributed by atoms with van der Waals surface area (Å²) in [6.07, 6.45) is 10.0. The molecule has 0 radical (unpaired) electrons. The molecule has 0 unspecified atom stereocenters. The number of hydrogen-bond acceptors (Lipinski definition) is 3. The Hall–Kier alpha value is -1.14. The highest BCUT2D eigenvalue weighted by atomic mass is 16.3. The SMILES string of the molecule is CCCCCCCCCC(=O)NCCC[N+](C)(C)CC(=O)NCCO. The van der Waals surface area contributed by atoms with Crippen molar-refractivity contribution < 1.29 is 19.2 Å². The third kappa shape index (κ3) is 16.1. The van der Waals surface area contributed by atoms with Gasteiger partial charge < -0.3 is 20.2 Å². The van der Waals surface area contributed by atoms with Crippen LogP contribution in [-0.2, 0) is 9.59 Å². The Morgan fingerprint density at radius 1 is 0.840 bits per heavy atom. The summed E-state index contributed by atoms with van der Waals surface area (Å²) in [6, 6.07) is 0. The van der Waals surface area contributed by atoms with Crippen LogP contribution in [0.15, 0.2) is 0 Å². The van der Waals surface area contributed by atoms with Crippen LogP contribution in [-0.4, -0.2) is 68.3 Å². The molecule has 0 aromatic rings. The van der Waals surface area contributed by atoms with E-state index in [4.69, 9.17) is 5.11 Å². The molecular formula is C19H40N3O3+. The summed E-state index contributed by atoms with van der Waals surface area (Å²) in [5.74, 6) is 0.0848. The van der Waals surface area contributed by atoms with Gasteiger partial charge in [-0.1, -0.05) is 45.4 Å². The van der Waals surface area contributed by atoms with Crippen LogP contribution < -0.4 is 10.6 Å². The van der Waals surface area contributed by atoms with E-state index in [1.54, 1.807) is 0 Å². The Kier molecular flexibility index (Phi) is 14.5. The van der Waals surface area contributed by atoms with E-state index < -0.39 is 0 Å². The second-order valence-electron chi connectivity index (χ2n) is 7.47. The van der Waals surface area contributed by atoms with Gasteiger partial charge in [-0.05, 0) is 6.42 Å². The average molecular weight is 359 g/mol. The van der Waals surface area contributed by atoms with E-state index in [1.807, 2.05) is 14.1 Å². The molecule has 3 N–H and O–H groups in total. The standard InChI is InChI=1S/C19H39N3O3/c1-4-5-6-7-8-9-10-12-18(24)20-13-11-15-22(2,3)17-19(25)21-14-16-23/h23H,4-17H2,1-3H3,(H-,20,21,24,25)/p+1. The summed E-state index contributed by atoms with van der Waals surface area (Å²) in [6.45, 7) is 4.35. The fourth-order valence-corrected chi connectivity index (χ4v) is 2.78. The zero-order valence-corrected chi connectivity index (χ0v) is 16.6. The maximum Gasteiger partial charge on any atom is 0.275 e. The van der Waals surface area contributed by atoms with Gasteiger partial charge in [0.15, 0.2) is 6.54 Å². The molecule has 0 aliphatic heterocycles. The van der Waals surface area contributed by atoms with Crippen molar-refractivity contribution in [2.24, 2.45) is 0 Å². The molecule has 0 aliphatic rings. The Balaban J connectivity index is 3.61. The van der Waals surface area contributed by atoms with Crippen LogP contribution in [0.4, 0.5) is 0 Å². The number of carbonyl (C=O) groups is 2. The van der Waals surface area contributed by atoms with Crippen molar-refractivity contribution in [1.29, 1.82) is 0 Å². The smallest absolute Gasteiger partial charge is 0.275 e. The minimum absolute atomic E-state index is 0.0378. The summed E-state index contributed by atoms with van der Waals surface area (Å²) in [4.78, 5) is 23.5. The number of carbonyl (C=O) groups excluding carboxylic acids is 2. The number of aliphatic hydroxyl groups excluding tert-OH is 1. The highest BCUT2D eigenvalue weighted by molar-refractivity contribution is 5.77. The molecule has 0 aromatic heterocycles. The van der Waals surface area contributed by atoms with E-state index in [2.05, 4.69) is 17.6 Å². The van der Waals surface area contributed by atoms with Crippen LogP contribution in [0.25, 0.3) is 0 Å². The summed E-state index contributed by atoms with van der Waals surface area (Å²) in [5, 5.41) is 14.3. The summed E-state index contributed by atoms with van der Waals surface area (Å²) >= 11 is 0. The monoisotopic (exact) mass is 358 g/mol. The first-order valence-corrected chi connectivity index (χ1v) is 9.87. The maximum absolute atomic E-state index is 11.8. The fraction of sp³-hybridized carbons (Fsp3) is 0.895. The minimum atomic E-state index is -0.0537. The number of aliphatic hydroxyl groups is 1. The van der Waals surface area contributed by atoms with Crippen molar-refractivity contribution in [1.82, 2.24) is 10.6 Å². The number of unbranched alkanes of at least 4 members (excludes halogenated alkanes) is 6. The number of quaternary nitrogens is 1. The van der Waals surface area contributed by atoms with Gasteiger partial charge in [0.1, 0.15) is 0 Å². The Labute approximate surface area is 153 Å². The van der Waals surface area contributed by atoms with Crippen LogP contribution in [0, 0.1) is 0 Å². The fourth-order valence-electron chi connectivity index (χ4n) is 2.78. The van der Waals surface area contributed by atoms with Crippen molar-refractivity contribution in [3.8, 4) is 0 Å². The Bertz CT molecular complexity index is 360. The normalized spacial score (nSPS) is 11.4. The zero-order valence-electron chi connectivity index (χ0n) is 16.6. The largest absolute Gasteiger partial charge is 0.395 e. The molecular weight excluding hydrogens is 318 g/mol. The Morgan fingerprint density at radius 3 is 2.08 bits per heavy atom. The van der Waals surface area contributed by atoms with Crippen LogP contribution >= 0.6 is 0 Å². The summed E-state index contributed by atoms with van der Waals surface area (Å²) in [7, 11) is 4.00. The molecule has 0 heterocycles. The number of nitrogens with zero attached hydrogens (tertiary/aromatic N) is 1. The zero-order chi connectivity index (χ0) is 19.0. The lowest BCUT2D eigenvalue weighted by Gasteiger charge is -2.29. The van der Waals surface area contributed by atoms with Crippen LogP contribution in [0.2, 0.25) is 0 Å². The quantitative estimate of drug-likeness (QED) is 0.291. The molecule has 0 atom stereocenters. The molecule has 0 saturated heterocycles. The summed E-state index contributed by atoms with van der Waals surface area (Å²) in [5.41, 5.74) is 0. The van der Waals surface area contributed by atoms with Crippen LogP contribution in [0.3, 0.4) is 0 Å². The van der Waals surface area contributed by atoms with Crippen molar-refractivity contribution in [3.05, 3.63) is 0 Å². The first kappa shape index (κ1) is 23.9. The van der Waals surface area contributed by atoms with E-state index in [-0.39, 0.29) is 18.4 Å². The van der Waals surface area contributed by atoms with E-state index in [0.717, 1.165) is 25.8 Å². The van der Waals surface area contributed by atoms with E-state index >= 15 is 0 Å². The molecule has 148 valence electrons. The second kappa shape index (κ2) is 15.1. The van der Waals surface area contributed by atoms with Gasteiger partial charge in [-0.25, -0.2) is 0 Å². The van der Waals surface area contributed by atoms with Gasteiger partial charge in [-0.2, -0.15) is 0 Å². The molecule has 6 heteroatoms. The second-order valence-corrected chi connectivity index (χ2v) is 7.47. The van der Waals surface area contributed by atoms with Gasteiger partial charge in [-0.15, -0.1) is 0 Å². The molecule has 25 heavy (non-hydrogen) atoms. The third-order valence-electron chi connectivity index (χ3n) is 4.28. The lowest BCUT2D eigenvalue weighted by atomic mass is 10.1. The van der Waals surface area contributed by atoms with Gasteiger partial charge >= 0.3 is 0 Å². The number of nitrogens with one attached hydrogen (secondary N) is 2. The predicted octanol–water partition coefficient (Wildman–Crippen LogP) is 1.82. The minimum Gasteiger partial charge on any atom is -0.395 e. The third-order valence-corrected chi connectivity index (χ3v) is 4.28. The van der Waals surface area contributed by atoms with E-state index in [1.165, 1.54) is 32.1 Å². The van der Waals surface area contributed by atoms with Crippen molar-refractivity contribution in [3.63, 3.8) is 0 Å². The topological polar surface area (TPSA) is 78.4 Å². The molecule has 0 rings (SSSR count). The summed E-state index contributed by atoms with van der Waals surface area (Å²) < 4.78 is 0.574. The molecule has 0 spiro atoms. The van der Waals surface area contributed by atoms with Gasteiger partial charge in [0.25, 0.3) is 5.91 Å². The maximum atomic E-state index is 11.8. The first-order chi connectivity index (χ1) is 11.9. The highest BCUT2D eigenvalue weighted by Crippen LogP contribution is 2.08. The van der Waals surface area contributed by atoms with Gasteiger partial charge in [0.05, 0.1) is 27.2 Å². The number of amides is 2. The first-order valence-electron chi connectivity index (χ1n) is 9.87. The number of hydrogen-bond donors (Lipinski definition) is 3. The molecule has 0 bridgehead atoms. The molecule has 0 saturated carbocycles. The molecule has 2 amide bonds. The van der Waals surface area contributed by atoms with Crippen molar-refractivity contribution >= 4 is 11.8 Å². The molecule has 0 aliphatic carbocycles. The predicted molar refractivity (Wildman–Crippen MR) is 102 cm³/mol. The number of rotatable bonds is 16. The van der Waals surface area contributed by atoms with Crippen molar-refractivity contribution in [2.75, 3.05) is 46.9 Å². The number of likely N-dealkylation sites (N-methyl/N-ethyl adjacent to an activating group) is 1. The van der Waals surface area contributed by atoms with E-state index in [0.29, 0.717) is 30.5 Å². The van der Waals surface area contributed by atoms with Crippen LogP contribution in [0.1, 0.15) is 64.7 Å². The van der Waals surface area contributed by atoms with Crippen molar-refractivity contribution in [2.45, 2.75) is 64.7 Å². The molecule has 6 nitrogen and oxygen atoms in total. The lowest BCUT2D eigenvalue weighted by Crippen LogP contribution is -2.49. The van der Waals surface area contributed by atoms with Crippen LogP contribution in [0.5, 0.6) is 0 Å². The van der Waals surface area contributed by atoms with Gasteiger partial charge in [0.2, 0.25) is 5.91 Å². The van der Waals surface area contributed by atoms with E-state index in [9.17, 15) is 9.59 Å². The Morgan fingerprint density at radius 2 is 1.44 bits per heavy atom. The molecule has 0 fully saturated rings. The average Bonchev–Trinajstić information content (AvgIpc) is 2.55. The van der Waals surface area contributed by atoms with Gasteiger partial charge in [0, 0.05) is 25.9 Å². The lowest BCUT2D eigenvalue weighted by molar-refractivity contribution is -0.882.